The van der Waals surface area contributed by atoms with E-state index in [1.165, 1.54) is 24.4 Å². The summed E-state index contributed by atoms with van der Waals surface area (Å²) in [6.45, 7) is 0.431. The third kappa shape index (κ3) is 3.40. The molecule has 1 aliphatic carbocycles. The molecule has 21 heavy (non-hydrogen) atoms. The number of aromatic nitrogens is 2. The van der Waals surface area contributed by atoms with Gasteiger partial charge in [-0.15, -0.1) is 0 Å². The molecular formula is C13H15FN4O2S. The molecule has 3 N–H and O–H groups in total. The van der Waals surface area contributed by atoms with Crippen molar-refractivity contribution in [2.45, 2.75) is 30.5 Å². The maximum absolute atomic E-state index is 13.1. The van der Waals surface area contributed by atoms with Crippen LogP contribution >= 0.6 is 0 Å². The standard InChI is InChI=1S/C13H15FN4O2S/c14-10-2-1-3-12(6-10)18-21(19,20)13-9(8-16-17-13)7-15-11-4-5-11/h1-3,6,8,11,15,18H,4-5,7H2,(H,16,17). The van der Waals surface area contributed by atoms with Gasteiger partial charge >= 0.3 is 0 Å². The Kier molecular flexibility index (Phi) is 3.64. The first kappa shape index (κ1) is 14.0. The molecule has 112 valence electrons. The molecule has 0 radical (unpaired) electrons. The van der Waals surface area contributed by atoms with Crippen LogP contribution in [-0.4, -0.2) is 24.7 Å². The third-order valence-electron chi connectivity index (χ3n) is 3.18. The zero-order valence-corrected chi connectivity index (χ0v) is 12.0. The molecule has 1 heterocycles. The number of nitrogens with one attached hydrogen (secondary N) is 3. The van der Waals surface area contributed by atoms with E-state index in [0.717, 1.165) is 18.9 Å². The Balaban J connectivity index is 1.79. The summed E-state index contributed by atoms with van der Waals surface area (Å²) in [5.41, 5.74) is 0.733. The number of sulfonamides is 1. The number of anilines is 1. The van der Waals surface area contributed by atoms with Crippen molar-refractivity contribution in [3.63, 3.8) is 0 Å². The molecule has 3 rings (SSSR count). The maximum atomic E-state index is 13.1. The third-order valence-corrected chi connectivity index (χ3v) is 4.58. The largest absolute Gasteiger partial charge is 0.310 e. The predicted octanol–water partition coefficient (Wildman–Crippen LogP) is 1.60. The van der Waals surface area contributed by atoms with Gasteiger partial charge in [0, 0.05) is 18.2 Å². The Hall–Kier alpha value is -1.93. The van der Waals surface area contributed by atoms with Gasteiger partial charge in [-0.1, -0.05) is 6.07 Å². The SMILES string of the molecule is O=S(=O)(Nc1cccc(F)c1)c1[nH]ncc1CNC1CC1. The van der Waals surface area contributed by atoms with Gasteiger partial charge in [0.05, 0.1) is 11.9 Å². The fourth-order valence-electron chi connectivity index (χ4n) is 1.96. The van der Waals surface area contributed by atoms with Crippen LogP contribution in [0.3, 0.4) is 0 Å². The first-order valence-corrected chi connectivity index (χ1v) is 8.07. The number of aromatic amines is 1. The topological polar surface area (TPSA) is 86.9 Å². The molecule has 0 amide bonds. The molecule has 0 bridgehead atoms. The Morgan fingerprint density at radius 2 is 2.19 bits per heavy atom. The van der Waals surface area contributed by atoms with Crippen LogP contribution in [0.25, 0.3) is 0 Å². The minimum atomic E-state index is -3.82. The molecule has 6 nitrogen and oxygen atoms in total. The number of rotatable bonds is 6. The van der Waals surface area contributed by atoms with Gasteiger partial charge in [-0.2, -0.15) is 13.5 Å². The average molecular weight is 310 g/mol. The molecule has 2 aromatic rings. The first-order chi connectivity index (χ1) is 10.0. The molecule has 1 saturated carbocycles. The van der Waals surface area contributed by atoms with Crippen molar-refractivity contribution in [3.05, 3.63) is 41.8 Å². The van der Waals surface area contributed by atoms with Crippen molar-refractivity contribution < 1.29 is 12.8 Å². The number of hydrogen-bond acceptors (Lipinski definition) is 4. The lowest BCUT2D eigenvalue weighted by Crippen LogP contribution is -2.20. The van der Waals surface area contributed by atoms with Gasteiger partial charge in [-0.25, -0.2) is 4.39 Å². The Morgan fingerprint density at radius 1 is 1.38 bits per heavy atom. The van der Waals surface area contributed by atoms with E-state index in [4.69, 9.17) is 0 Å². The van der Waals surface area contributed by atoms with E-state index in [-0.39, 0.29) is 10.7 Å². The normalized spacial score (nSPS) is 15.1. The molecule has 1 fully saturated rings. The number of nitrogens with zero attached hydrogens (tertiary/aromatic N) is 1. The van der Waals surface area contributed by atoms with Gasteiger partial charge in [0.25, 0.3) is 10.0 Å². The minimum absolute atomic E-state index is 0.0000822. The zero-order valence-electron chi connectivity index (χ0n) is 11.1. The number of H-pyrrole nitrogens is 1. The smallest absolute Gasteiger partial charge is 0.279 e. The van der Waals surface area contributed by atoms with Crippen LogP contribution in [0.5, 0.6) is 0 Å². The predicted molar refractivity (Wildman–Crippen MR) is 75.7 cm³/mol. The lowest BCUT2D eigenvalue weighted by atomic mass is 10.3. The fraction of sp³-hybridized carbons (Fsp3) is 0.308. The Morgan fingerprint density at radius 3 is 2.90 bits per heavy atom. The molecule has 1 aliphatic rings. The summed E-state index contributed by atoms with van der Waals surface area (Å²) >= 11 is 0. The molecule has 1 aromatic heterocycles. The fourth-order valence-corrected chi connectivity index (χ4v) is 3.14. The van der Waals surface area contributed by atoms with Gasteiger partial charge in [-0.05, 0) is 31.0 Å². The number of halogens is 1. The first-order valence-electron chi connectivity index (χ1n) is 6.58. The van der Waals surface area contributed by atoms with Gasteiger partial charge in [0.1, 0.15) is 5.82 Å². The van der Waals surface area contributed by atoms with E-state index < -0.39 is 15.8 Å². The summed E-state index contributed by atoms with van der Waals surface area (Å²) in [5.74, 6) is -0.504. The van der Waals surface area contributed by atoms with E-state index in [0.29, 0.717) is 18.2 Å². The van der Waals surface area contributed by atoms with Crippen LogP contribution in [0.1, 0.15) is 18.4 Å². The maximum Gasteiger partial charge on any atom is 0.279 e. The Labute approximate surface area is 121 Å². The molecule has 8 heteroatoms. The van der Waals surface area contributed by atoms with Gasteiger partial charge < -0.3 is 5.32 Å². The summed E-state index contributed by atoms with van der Waals surface area (Å²) in [7, 11) is -3.82. The van der Waals surface area contributed by atoms with Crippen LogP contribution in [0.2, 0.25) is 0 Å². The summed E-state index contributed by atoms with van der Waals surface area (Å²) in [5, 5.41) is 9.51. The second kappa shape index (κ2) is 5.45. The minimum Gasteiger partial charge on any atom is -0.310 e. The van der Waals surface area contributed by atoms with E-state index in [9.17, 15) is 12.8 Å². The van der Waals surface area contributed by atoms with E-state index in [1.807, 2.05) is 0 Å². The monoisotopic (exact) mass is 310 g/mol. The Bertz CT molecular complexity index is 740. The quantitative estimate of drug-likeness (QED) is 0.756. The molecular weight excluding hydrogens is 295 g/mol. The van der Waals surface area contributed by atoms with Crippen LogP contribution in [-0.2, 0) is 16.6 Å². The van der Waals surface area contributed by atoms with Gasteiger partial charge in [0.2, 0.25) is 0 Å². The van der Waals surface area contributed by atoms with Crippen molar-refractivity contribution in [3.8, 4) is 0 Å². The summed E-state index contributed by atoms with van der Waals surface area (Å²) in [4.78, 5) is 0. The van der Waals surface area contributed by atoms with E-state index in [2.05, 4.69) is 20.2 Å². The van der Waals surface area contributed by atoms with Crippen LogP contribution in [0, 0.1) is 5.82 Å². The van der Waals surface area contributed by atoms with Crippen LogP contribution in [0.4, 0.5) is 10.1 Å². The van der Waals surface area contributed by atoms with Gasteiger partial charge in [-0.3, -0.25) is 9.82 Å². The van der Waals surface area contributed by atoms with Crippen molar-refractivity contribution in [1.82, 2.24) is 15.5 Å². The molecule has 0 saturated heterocycles. The lowest BCUT2D eigenvalue weighted by Gasteiger charge is -2.08. The summed E-state index contributed by atoms with van der Waals surface area (Å²) in [6.07, 6.45) is 3.71. The highest BCUT2D eigenvalue weighted by molar-refractivity contribution is 7.92. The van der Waals surface area contributed by atoms with Crippen LogP contribution in [0.15, 0.2) is 35.5 Å². The van der Waals surface area contributed by atoms with E-state index >= 15 is 0 Å². The summed E-state index contributed by atoms with van der Waals surface area (Å²) < 4.78 is 40.1. The number of hydrogen-bond donors (Lipinski definition) is 3. The molecule has 1 aromatic carbocycles. The highest BCUT2D eigenvalue weighted by Gasteiger charge is 2.24. The molecule has 0 atom stereocenters. The van der Waals surface area contributed by atoms with Crippen molar-refractivity contribution in [2.75, 3.05) is 4.72 Å². The highest BCUT2D eigenvalue weighted by atomic mass is 32.2. The molecule has 0 unspecified atom stereocenters. The van der Waals surface area contributed by atoms with Crippen molar-refractivity contribution in [1.29, 1.82) is 0 Å². The van der Waals surface area contributed by atoms with Gasteiger partial charge in [0.15, 0.2) is 5.03 Å². The molecule has 0 aliphatic heterocycles. The second-order valence-electron chi connectivity index (χ2n) is 5.00. The highest BCUT2D eigenvalue weighted by Crippen LogP contribution is 2.21. The molecule has 0 spiro atoms. The number of benzene rings is 1. The van der Waals surface area contributed by atoms with Crippen molar-refractivity contribution in [2.24, 2.45) is 0 Å². The van der Waals surface area contributed by atoms with Crippen molar-refractivity contribution >= 4 is 15.7 Å². The second-order valence-corrected chi connectivity index (χ2v) is 6.61. The summed E-state index contributed by atoms with van der Waals surface area (Å²) in [6, 6.07) is 5.76. The van der Waals surface area contributed by atoms with Crippen LogP contribution < -0.4 is 10.0 Å². The average Bonchev–Trinajstić information content (AvgIpc) is 3.12. The zero-order chi connectivity index (χ0) is 14.9. The van der Waals surface area contributed by atoms with E-state index in [1.54, 1.807) is 0 Å². The lowest BCUT2D eigenvalue weighted by molar-refractivity contribution is 0.593.